The summed E-state index contributed by atoms with van der Waals surface area (Å²) in [5, 5.41) is 2.67. The normalized spacial score (nSPS) is 11.3. The summed E-state index contributed by atoms with van der Waals surface area (Å²) >= 11 is 0. The van der Waals surface area contributed by atoms with Gasteiger partial charge in [-0.05, 0) is 43.2 Å². The van der Waals surface area contributed by atoms with Crippen LogP contribution in [-0.2, 0) is 21.4 Å². The Kier molecular flexibility index (Phi) is 6.27. The first kappa shape index (κ1) is 19.1. The van der Waals surface area contributed by atoms with Crippen LogP contribution in [0.4, 0.5) is 4.39 Å². The number of amides is 1. The van der Waals surface area contributed by atoms with Crippen molar-refractivity contribution in [2.45, 2.75) is 31.7 Å². The van der Waals surface area contributed by atoms with Crippen molar-refractivity contribution in [3.63, 3.8) is 0 Å². The monoisotopic (exact) mass is 364 g/mol. The third-order valence-electron chi connectivity index (χ3n) is 3.67. The van der Waals surface area contributed by atoms with Crippen LogP contribution in [0.15, 0.2) is 47.4 Å². The number of carbonyl (C=O) groups excluding carboxylic acids is 1. The average Bonchev–Trinajstić information content (AvgIpc) is 2.53. The molecule has 0 spiro atoms. The Morgan fingerprint density at radius 3 is 2.40 bits per heavy atom. The minimum Gasteiger partial charge on any atom is -0.352 e. The van der Waals surface area contributed by atoms with Gasteiger partial charge in [0.1, 0.15) is 5.82 Å². The number of benzene rings is 2. The van der Waals surface area contributed by atoms with E-state index in [4.69, 9.17) is 0 Å². The first-order chi connectivity index (χ1) is 11.8. The van der Waals surface area contributed by atoms with E-state index in [2.05, 4.69) is 10.0 Å². The Hall–Kier alpha value is -2.25. The number of carbonyl (C=O) groups is 1. The highest BCUT2D eigenvalue weighted by Crippen LogP contribution is 2.16. The molecule has 2 rings (SSSR count). The maximum absolute atomic E-state index is 12.8. The number of hydrogen-bond donors (Lipinski definition) is 2. The molecule has 25 heavy (non-hydrogen) atoms. The molecule has 2 N–H and O–H groups in total. The highest BCUT2D eigenvalue weighted by atomic mass is 32.2. The van der Waals surface area contributed by atoms with Gasteiger partial charge in [-0.15, -0.1) is 0 Å². The molecule has 0 aromatic heterocycles. The van der Waals surface area contributed by atoms with Gasteiger partial charge in [0.05, 0.1) is 4.90 Å². The van der Waals surface area contributed by atoms with Crippen LogP contribution >= 0.6 is 0 Å². The molecule has 0 atom stereocenters. The molecule has 0 bridgehead atoms. The Morgan fingerprint density at radius 2 is 1.76 bits per heavy atom. The Balaban J connectivity index is 1.82. The van der Waals surface area contributed by atoms with Crippen LogP contribution < -0.4 is 10.0 Å². The van der Waals surface area contributed by atoms with E-state index in [1.165, 1.54) is 12.1 Å². The topological polar surface area (TPSA) is 75.3 Å². The van der Waals surface area contributed by atoms with Crippen LogP contribution in [0.5, 0.6) is 0 Å². The molecule has 0 unspecified atom stereocenters. The second kappa shape index (κ2) is 8.22. The van der Waals surface area contributed by atoms with Crippen LogP contribution in [-0.4, -0.2) is 20.9 Å². The lowest BCUT2D eigenvalue weighted by atomic mass is 10.2. The molecular formula is C18H21FN2O3S. The van der Waals surface area contributed by atoms with Gasteiger partial charge in [0.2, 0.25) is 15.9 Å². The molecule has 0 aliphatic heterocycles. The van der Waals surface area contributed by atoms with Gasteiger partial charge in [-0.1, -0.05) is 29.8 Å². The molecule has 1 amide bonds. The lowest BCUT2D eigenvalue weighted by Crippen LogP contribution is -2.30. The van der Waals surface area contributed by atoms with E-state index in [1.807, 2.05) is 6.92 Å². The summed E-state index contributed by atoms with van der Waals surface area (Å²) in [4.78, 5) is 12.0. The van der Waals surface area contributed by atoms with Crippen molar-refractivity contribution in [2.24, 2.45) is 0 Å². The fourth-order valence-electron chi connectivity index (χ4n) is 2.37. The summed E-state index contributed by atoms with van der Waals surface area (Å²) in [6.07, 6.45) is 0.0192. The van der Waals surface area contributed by atoms with Crippen molar-refractivity contribution in [1.29, 1.82) is 0 Å². The number of nitrogens with one attached hydrogen (secondary N) is 2. The van der Waals surface area contributed by atoms with Crippen molar-refractivity contribution in [2.75, 3.05) is 6.54 Å². The van der Waals surface area contributed by atoms with Gasteiger partial charge in [-0.3, -0.25) is 4.79 Å². The molecule has 5 nitrogen and oxygen atoms in total. The highest BCUT2D eigenvalue weighted by molar-refractivity contribution is 7.89. The van der Waals surface area contributed by atoms with Crippen molar-refractivity contribution in [3.05, 3.63) is 65.0 Å². The van der Waals surface area contributed by atoms with Crippen LogP contribution in [0.2, 0.25) is 0 Å². The average molecular weight is 364 g/mol. The molecule has 7 heteroatoms. The summed E-state index contributed by atoms with van der Waals surface area (Å²) in [7, 11) is -3.65. The van der Waals surface area contributed by atoms with E-state index in [9.17, 15) is 17.6 Å². The van der Waals surface area contributed by atoms with E-state index in [0.29, 0.717) is 5.56 Å². The maximum atomic E-state index is 12.8. The minimum absolute atomic E-state index is 0.00486. The summed E-state index contributed by atoms with van der Waals surface area (Å²) in [6, 6.07) is 10.9. The van der Waals surface area contributed by atoms with E-state index >= 15 is 0 Å². The van der Waals surface area contributed by atoms with Gasteiger partial charge in [0, 0.05) is 19.5 Å². The number of halogens is 1. The van der Waals surface area contributed by atoms with E-state index < -0.39 is 10.0 Å². The van der Waals surface area contributed by atoms with E-state index in [1.54, 1.807) is 37.3 Å². The summed E-state index contributed by atoms with van der Waals surface area (Å²) in [5.74, 6) is -0.622. The van der Waals surface area contributed by atoms with Gasteiger partial charge < -0.3 is 5.32 Å². The molecule has 0 saturated heterocycles. The SMILES string of the molecule is Cc1ccc(S(=O)(=O)NCCC(=O)NCc2ccc(F)cc2)c(C)c1. The standard InChI is InChI=1S/C18H21FN2O3S/c1-13-3-8-17(14(2)11-13)25(23,24)21-10-9-18(22)20-12-15-4-6-16(19)7-5-15/h3-8,11,21H,9-10,12H2,1-2H3,(H,20,22). The maximum Gasteiger partial charge on any atom is 0.240 e. The van der Waals surface area contributed by atoms with Gasteiger partial charge >= 0.3 is 0 Å². The van der Waals surface area contributed by atoms with E-state index in [0.717, 1.165) is 11.1 Å². The fourth-order valence-corrected chi connectivity index (χ4v) is 3.63. The minimum atomic E-state index is -3.65. The Bertz CT molecular complexity index is 849. The number of sulfonamides is 1. The first-order valence-electron chi connectivity index (χ1n) is 7.86. The van der Waals surface area contributed by atoms with Crippen LogP contribution in [0.1, 0.15) is 23.1 Å². The smallest absolute Gasteiger partial charge is 0.240 e. The van der Waals surface area contributed by atoms with Gasteiger partial charge in [0.15, 0.2) is 0 Å². The van der Waals surface area contributed by atoms with Crippen molar-refractivity contribution in [3.8, 4) is 0 Å². The Labute approximate surface area is 147 Å². The largest absolute Gasteiger partial charge is 0.352 e. The molecule has 0 heterocycles. The van der Waals surface area contributed by atoms with Gasteiger partial charge in [-0.2, -0.15) is 0 Å². The predicted molar refractivity (Wildman–Crippen MR) is 94.0 cm³/mol. The molecular weight excluding hydrogens is 343 g/mol. The molecule has 2 aromatic carbocycles. The van der Waals surface area contributed by atoms with Crippen LogP contribution in [0.25, 0.3) is 0 Å². The molecule has 0 aliphatic carbocycles. The predicted octanol–water partition coefficient (Wildman–Crippen LogP) is 2.43. The Morgan fingerprint density at radius 1 is 1.08 bits per heavy atom. The van der Waals surface area contributed by atoms with E-state index in [-0.39, 0.29) is 36.1 Å². The first-order valence-corrected chi connectivity index (χ1v) is 9.34. The lowest BCUT2D eigenvalue weighted by molar-refractivity contribution is -0.121. The fraction of sp³-hybridized carbons (Fsp3) is 0.278. The quantitative estimate of drug-likeness (QED) is 0.792. The number of rotatable bonds is 7. The number of hydrogen-bond acceptors (Lipinski definition) is 3. The lowest BCUT2D eigenvalue weighted by Gasteiger charge is -2.10. The zero-order valence-electron chi connectivity index (χ0n) is 14.2. The molecule has 0 saturated carbocycles. The molecule has 0 fully saturated rings. The van der Waals surface area contributed by atoms with Crippen LogP contribution in [0.3, 0.4) is 0 Å². The van der Waals surface area contributed by atoms with Gasteiger partial charge in [0.25, 0.3) is 0 Å². The van der Waals surface area contributed by atoms with Crippen molar-refractivity contribution in [1.82, 2.24) is 10.0 Å². The summed E-state index contributed by atoms with van der Waals surface area (Å²) in [5.41, 5.74) is 2.41. The third-order valence-corrected chi connectivity index (χ3v) is 5.29. The molecule has 134 valence electrons. The second-order valence-electron chi connectivity index (χ2n) is 5.82. The zero-order valence-corrected chi connectivity index (χ0v) is 15.0. The van der Waals surface area contributed by atoms with Crippen molar-refractivity contribution >= 4 is 15.9 Å². The highest BCUT2D eigenvalue weighted by Gasteiger charge is 2.16. The molecule has 0 aliphatic rings. The summed E-state index contributed by atoms with van der Waals surface area (Å²) in [6.45, 7) is 3.90. The molecule has 0 radical (unpaired) electrons. The van der Waals surface area contributed by atoms with Crippen molar-refractivity contribution < 1.29 is 17.6 Å². The number of aryl methyl sites for hydroxylation is 2. The van der Waals surface area contributed by atoms with Crippen LogP contribution in [0, 0.1) is 19.7 Å². The second-order valence-corrected chi connectivity index (χ2v) is 7.56. The zero-order chi connectivity index (χ0) is 18.4. The summed E-state index contributed by atoms with van der Waals surface area (Å²) < 4.78 is 39.8. The third kappa shape index (κ3) is 5.65. The molecule has 2 aromatic rings. The van der Waals surface area contributed by atoms with Gasteiger partial charge in [-0.25, -0.2) is 17.5 Å².